The number of thioether (sulfide) groups is 1. The number of ether oxygens (including phenoxy) is 1. The van der Waals surface area contributed by atoms with Crippen molar-refractivity contribution in [1.29, 1.82) is 0 Å². The second-order valence-electron chi connectivity index (χ2n) is 6.22. The summed E-state index contributed by atoms with van der Waals surface area (Å²) in [6, 6.07) is 0. The average Bonchev–Trinajstić information content (AvgIpc) is 3.10. The lowest BCUT2D eigenvalue weighted by Crippen LogP contribution is -2.41. The zero-order chi connectivity index (χ0) is 19.8. The second kappa shape index (κ2) is 10.5. The molecule has 1 fully saturated rings. The van der Waals surface area contributed by atoms with Gasteiger partial charge in [-0.25, -0.2) is 4.98 Å². The summed E-state index contributed by atoms with van der Waals surface area (Å²) in [6.07, 6.45) is -2.00. The SMILES string of the molecule is CCNC(=NCC1(SCC)CCOCC1)NCCc1nc(C(F)(F)F)cs1. The third kappa shape index (κ3) is 7.15. The van der Waals surface area contributed by atoms with Gasteiger partial charge in [0.1, 0.15) is 0 Å². The van der Waals surface area contributed by atoms with Crippen molar-refractivity contribution in [2.24, 2.45) is 4.99 Å². The van der Waals surface area contributed by atoms with Crippen LogP contribution in [0.25, 0.3) is 0 Å². The molecule has 0 aliphatic carbocycles. The first-order chi connectivity index (χ1) is 12.9. The van der Waals surface area contributed by atoms with Gasteiger partial charge in [0.15, 0.2) is 11.7 Å². The summed E-state index contributed by atoms with van der Waals surface area (Å²) >= 11 is 2.96. The highest BCUT2D eigenvalue weighted by Crippen LogP contribution is 2.35. The van der Waals surface area contributed by atoms with Crippen molar-refractivity contribution in [3.8, 4) is 0 Å². The summed E-state index contributed by atoms with van der Waals surface area (Å²) in [5, 5.41) is 7.93. The molecule has 0 bridgehead atoms. The van der Waals surface area contributed by atoms with E-state index in [1.165, 1.54) is 0 Å². The Labute approximate surface area is 166 Å². The van der Waals surface area contributed by atoms with E-state index in [1.54, 1.807) is 0 Å². The van der Waals surface area contributed by atoms with Gasteiger partial charge in [0, 0.05) is 42.9 Å². The fourth-order valence-electron chi connectivity index (χ4n) is 2.81. The molecular formula is C17H27F3N4OS2. The number of hydrogen-bond acceptors (Lipinski definition) is 5. The quantitative estimate of drug-likeness (QED) is 0.494. The van der Waals surface area contributed by atoms with Crippen LogP contribution in [-0.4, -0.2) is 54.3 Å². The highest BCUT2D eigenvalue weighted by Gasteiger charge is 2.34. The normalized spacial score (nSPS) is 17.7. The van der Waals surface area contributed by atoms with E-state index < -0.39 is 11.9 Å². The van der Waals surface area contributed by atoms with Crippen LogP contribution < -0.4 is 10.6 Å². The van der Waals surface area contributed by atoms with Crippen LogP contribution in [0.1, 0.15) is 37.4 Å². The number of nitrogens with zero attached hydrogens (tertiary/aromatic N) is 2. The molecule has 0 saturated carbocycles. The molecule has 0 aromatic carbocycles. The molecule has 10 heteroatoms. The lowest BCUT2D eigenvalue weighted by atomic mass is 9.99. The van der Waals surface area contributed by atoms with Crippen molar-refractivity contribution < 1.29 is 17.9 Å². The molecule has 0 spiro atoms. The maximum absolute atomic E-state index is 12.6. The zero-order valence-corrected chi connectivity index (χ0v) is 17.3. The van der Waals surface area contributed by atoms with Gasteiger partial charge in [-0.2, -0.15) is 24.9 Å². The zero-order valence-electron chi connectivity index (χ0n) is 15.7. The number of nitrogens with one attached hydrogen (secondary N) is 2. The molecule has 0 amide bonds. The minimum Gasteiger partial charge on any atom is -0.381 e. The summed E-state index contributed by atoms with van der Waals surface area (Å²) in [5.41, 5.74) is -0.818. The first-order valence-electron chi connectivity index (χ1n) is 9.14. The van der Waals surface area contributed by atoms with Gasteiger partial charge in [-0.05, 0) is 25.5 Å². The summed E-state index contributed by atoms with van der Waals surface area (Å²) in [6.45, 7) is 7.55. The predicted octanol–water partition coefficient (Wildman–Crippen LogP) is 3.56. The third-order valence-corrected chi connectivity index (χ3v) is 6.54. The average molecular weight is 425 g/mol. The highest BCUT2D eigenvalue weighted by molar-refractivity contribution is 8.00. The Morgan fingerprint density at radius 1 is 1.33 bits per heavy atom. The number of aromatic nitrogens is 1. The third-order valence-electron chi connectivity index (χ3n) is 4.20. The molecule has 0 radical (unpaired) electrons. The first-order valence-corrected chi connectivity index (χ1v) is 11.0. The van der Waals surface area contributed by atoms with Crippen LogP contribution in [0.4, 0.5) is 13.2 Å². The van der Waals surface area contributed by atoms with E-state index in [9.17, 15) is 13.2 Å². The fraction of sp³-hybridized carbons (Fsp3) is 0.765. The van der Waals surface area contributed by atoms with E-state index in [-0.39, 0.29) is 4.75 Å². The van der Waals surface area contributed by atoms with Gasteiger partial charge < -0.3 is 15.4 Å². The van der Waals surface area contributed by atoms with Crippen LogP contribution >= 0.6 is 23.1 Å². The number of halogens is 3. The molecule has 5 nitrogen and oxygen atoms in total. The van der Waals surface area contributed by atoms with E-state index >= 15 is 0 Å². The van der Waals surface area contributed by atoms with Gasteiger partial charge in [0.25, 0.3) is 0 Å². The molecule has 1 aliphatic heterocycles. The van der Waals surface area contributed by atoms with Crippen LogP contribution in [0.2, 0.25) is 0 Å². The molecule has 0 atom stereocenters. The van der Waals surface area contributed by atoms with Crippen LogP contribution in [0.15, 0.2) is 10.4 Å². The summed E-state index contributed by atoms with van der Waals surface area (Å²) < 4.78 is 43.4. The Bertz CT molecular complexity index is 596. The van der Waals surface area contributed by atoms with Crippen LogP contribution in [0.5, 0.6) is 0 Å². The van der Waals surface area contributed by atoms with E-state index in [0.29, 0.717) is 30.5 Å². The number of guanidine groups is 1. The number of aliphatic imine (C=N–C) groups is 1. The van der Waals surface area contributed by atoms with E-state index in [4.69, 9.17) is 9.73 Å². The molecule has 1 aromatic heterocycles. The van der Waals surface area contributed by atoms with Crippen molar-refractivity contribution in [3.63, 3.8) is 0 Å². The lowest BCUT2D eigenvalue weighted by molar-refractivity contribution is -0.140. The van der Waals surface area contributed by atoms with E-state index in [2.05, 4.69) is 22.5 Å². The number of alkyl halides is 3. The molecule has 0 unspecified atom stereocenters. The Morgan fingerprint density at radius 2 is 2.07 bits per heavy atom. The molecule has 1 aliphatic rings. The van der Waals surface area contributed by atoms with Crippen molar-refractivity contribution in [3.05, 3.63) is 16.1 Å². The maximum Gasteiger partial charge on any atom is 0.434 e. The molecule has 1 saturated heterocycles. The largest absolute Gasteiger partial charge is 0.434 e. The smallest absolute Gasteiger partial charge is 0.381 e. The molecule has 27 heavy (non-hydrogen) atoms. The summed E-state index contributed by atoms with van der Waals surface area (Å²) in [4.78, 5) is 8.38. The number of hydrogen-bond donors (Lipinski definition) is 2. The molecule has 2 rings (SSSR count). The van der Waals surface area contributed by atoms with Crippen molar-refractivity contribution in [2.45, 2.75) is 44.0 Å². The van der Waals surface area contributed by atoms with Crippen LogP contribution in [0, 0.1) is 0 Å². The van der Waals surface area contributed by atoms with E-state index in [0.717, 1.165) is 55.1 Å². The van der Waals surface area contributed by atoms with Gasteiger partial charge in [-0.3, -0.25) is 4.99 Å². The highest BCUT2D eigenvalue weighted by atomic mass is 32.2. The molecular weight excluding hydrogens is 397 g/mol. The van der Waals surface area contributed by atoms with Crippen molar-refractivity contribution >= 4 is 29.1 Å². The minimum atomic E-state index is -4.38. The monoisotopic (exact) mass is 424 g/mol. The predicted molar refractivity (Wildman–Crippen MR) is 106 cm³/mol. The summed E-state index contributed by atoms with van der Waals surface area (Å²) in [7, 11) is 0. The standard InChI is InChI=1S/C17H27F3N4OS2/c1-3-21-15(23-12-16(27-4-2)6-9-25-10-7-16)22-8-5-14-24-13(11-26-14)17(18,19)20/h11H,3-10,12H2,1-2H3,(H2,21,22,23). The Morgan fingerprint density at radius 3 is 2.67 bits per heavy atom. The van der Waals surface area contributed by atoms with Gasteiger partial charge in [0.2, 0.25) is 0 Å². The molecule has 2 N–H and O–H groups in total. The Balaban J connectivity index is 1.90. The minimum absolute atomic E-state index is 0.103. The van der Waals surface area contributed by atoms with Gasteiger partial charge in [-0.1, -0.05) is 6.92 Å². The van der Waals surface area contributed by atoms with Crippen molar-refractivity contribution in [1.82, 2.24) is 15.6 Å². The Hall–Kier alpha value is -1.00. The van der Waals surface area contributed by atoms with Crippen LogP contribution in [0.3, 0.4) is 0 Å². The van der Waals surface area contributed by atoms with Gasteiger partial charge in [-0.15, -0.1) is 11.3 Å². The first kappa shape index (κ1) is 22.3. The molecule has 2 heterocycles. The fourth-order valence-corrected chi connectivity index (χ4v) is 4.83. The summed E-state index contributed by atoms with van der Waals surface area (Å²) in [5.74, 6) is 1.72. The molecule has 1 aromatic rings. The lowest BCUT2D eigenvalue weighted by Gasteiger charge is -2.35. The Kier molecular flexibility index (Phi) is 8.68. The van der Waals surface area contributed by atoms with Gasteiger partial charge >= 0.3 is 6.18 Å². The second-order valence-corrected chi connectivity index (χ2v) is 8.90. The van der Waals surface area contributed by atoms with Crippen molar-refractivity contribution in [2.75, 3.05) is 38.6 Å². The number of rotatable bonds is 8. The van der Waals surface area contributed by atoms with Crippen LogP contribution in [-0.2, 0) is 17.3 Å². The van der Waals surface area contributed by atoms with E-state index in [1.807, 2.05) is 18.7 Å². The number of thiazole rings is 1. The maximum atomic E-state index is 12.6. The molecule has 154 valence electrons. The topological polar surface area (TPSA) is 58.5 Å². The van der Waals surface area contributed by atoms with Gasteiger partial charge in [0.05, 0.1) is 11.6 Å².